The van der Waals surface area contributed by atoms with Crippen molar-refractivity contribution in [2.45, 2.75) is 19.8 Å². The Kier molecular flexibility index (Phi) is 4.01. The first-order chi connectivity index (χ1) is 10.6. The molecule has 1 aromatic carbocycles. The Bertz CT molecular complexity index is 729. The van der Waals surface area contributed by atoms with E-state index in [2.05, 4.69) is 20.8 Å². The third-order valence-electron chi connectivity index (χ3n) is 3.11. The maximum atomic E-state index is 11.8. The molecule has 2 aromatic rings. The molecule has 0 spiro atoms. The third-order valence-corrected chi connectivity index (χ3v) is 3.87. The molecule has 0 fully saturated rings. The third kappa shape index (κ3) is 3.40. The summed E-state index contributed by atoms with van der Waals surface area (Å²) in [6, 6.07) is 5.36. The highest BCUT2D eigenvalue weighted by molar-refractivity contribution is 7.15. The second-order valence-electron chi connectivity index (χ2n) is 4.83. The van der Waals surface area contributed by atoms with Gasteiger partial charge in [0, 0.05) is 12.1 Å². The lowest BCUT2D eigenvalue weighted by Crippen LogP contribution is -2.21. The molecule has 1 aliphatic heterocycles. The van der Waals surface area contributed by atoms with E-state index in [0.717, 1.165) is 16.3 Å². The van der Waals surface area contributed by atoms with Gasteiger partial charge in [-0.05, 0) is 37.1 Å². The molecule has 0 bridgehead atoms. The molecule has 0 radical (unpaired) electrons. The van der Waals surface area contributed by atoms with Crippen molar-refractivity contribution in [3.05, 3.63) is 28.8 Å². The lowest BCUT2D eigenvalue weighted by molar-refractivity contribution is -0.118. The Hall–Kier alpha value is -2.48. The number of benzene rings is 1. The number of aromatic nitrogens is 2. The second-order valence-corrected chi connectivity index (χ2v) is 6.01. The fraction of sp³-hybridized carbons (Fsp3) is 0.286. The molecular weight excluding hydrogens is 304 g/mol. The zero-order valence-corrected chi connectivity index (χ0v) is 12.7. The molecule has 114 valence electrons. The lowest BCUT2D eigenvalue weighted by Gasteiger charge is -2.17. The van der Waals surface area contributed by atoms with Crippen LogP contribution in [0, 0.1) is 6.92 Å². The zero-order chi connectivity index (χ0) is 15.5. The molecule has 0 saturated carbocycles. The first-order valence-corrected chi connectivity index (χ1v) is 7.57. The number of carbonyl (C=O) groups excluding carboxylic acids is 2. The Labute approximate surface area is 130 Å². The van der Waals surface area contributed by atoms with Gasteiger partial charge in [0.1, 0.15) is 10.8 Å². The van der Waals surface area contributed by atoms with E-state index in [1.807, 2.05) is 13.0 Å². The van der Waals surface area contributed by atoms with Crippen molar-refractivity contribution in [3.8, 4) is 5.75 Å². The van der Waals surface area contributed by atoms with Crippen LogP contribution < -0.4 is 15.4 Å². The van der Waals surface area contributed by atoms with E-state index in [-0.39, 0.29) is 18.4 Å². The maximum absolute atomic E-state index is 11.8. The van der Waals surface area contributed by atoms with Gasteiger partial charge in [0.15, 0.2) is 6.61 Å². The molecule has 1 aromatic heterocycles. The molecule has 2 heterocycles. The van der Waals surface area contributed by atoms with Crippen LogP contribution in [-0.4, -0.2) is 28.6 Å². The highest BCUT2D eigenvalue weighted by Gasteiger charge is 2.15. The monoisotopic (exact) mass is 318 g/mol. The van der Waals surface area contributed by atoms with Crippen LogP contribution >= 0.6 is 11.3 Å². The van der Waals surface area contributed by atoms with E-state index in [0.29, 0.717) is 23.7 Å². The number of rotatable bonds is 4. The van der Waals surface area contributed by atoms with Gasteiger partial charge in [0.05, 0.1) is 0 Å². The molecule has 0 aliphatic carbocycles. The van der Waals surface area contributed by atoms with Gasteiger partial charge in [-0.1, -0.05) is 11.3 Å². The van der Waals surface area contributed by atoms with Crippen molar-refractivity contribution in [1.82, 2.24) is 10.2 Å². The summed E-state index contributed by atoms with van der Waals surface area (Å²) >= 11 is 1.31. The zero-order valence-electron chi connectivity index (χ0n) is 11.9. The number of aryl methyl sites for hydroxylation is 2. The number of hydrogen-bond donors (Lipinski definition) is 2. The summed E-state index contributed by atoms with van der Waals surface area (Å²) in [5.74, 6) is 0.327. The quantitative estimate of drug-likeness (QED) is 0.896. The van der Waals surface area contributed by atoms with Gasteiger partial charge >= 0.3 is 0 Å². The SMILES string of the molecule is Cc1nnc(NC(=O)COc2ccc3c(c2)CCC(=O)N3)s1. The fourth-order valence-corrected chi connectivity index (χ4v) is 2.71. The van der Waals surface area contributed by atoms with Gasteiger partial charge < -0.3 is 10.1 Å². The number of nitrogens with zero attached hydrogens (tertiary/aromatic N) is 2. The summed E-state index contributed by atoms with van der Waals surface area (Å²) in [5, 5.41) is 14.3. The van der Waals surface area contributed by atoms with Crippen molar-refractivity contribution in [2.24, 2.45) is 0 Å². The Balaban J connectivity index is 1.57. The van der Waals surface area contributed by atoms with E-state index in [9.17, 15) is 9.59 Å². The number of fused-ring (bicyclic) bond motifs is 1. The average Bonchev–Trinajstić information content (AvgIpc) is 2.90. The molecule has 8 heteroatoms. The van der Waals surface area contributed by atoms with Crippen molar-refractivity contribution < 1.29 is 14.3 Å². The minimum atomic E-state index is -0.290. The largest absolute Gasteiger partial charge is 0.484 e. The standard InChI is InChI=1S/C14H14N4O3S/c1-8-17-18-14(22-8)16-13(20)7-21-10-3-4-11-9(6-10)2-5-12(19)15-11/h3-4,6H,2,5,7H2,1H3,(H,15,19)(H,16,18,20). The molecule has 3 rings (SSSR count). The molecule has 1 aliphatic rings. The average molecular weight is 318 g/mol. The minimum absolute atomic E-state index is 0.0212. The Morgan fingerprint density at radius 2 is 2.27 bits per heavy atom. The molecule has 0 atom stereocenters. The van der Waals surface area contributed by atoms with Gasteiger partial charge in [-0.3, -0.25) is 14.9 Å². The Morgan fingerprint density at radius 1 is 1.41 bits per heavy atom. The smallest absolute Gasteiger partial charge is 0.264 e. The van der Waals surface area contributed by atoms with Crippen molar-refractivity contribution in [3.63, 3.8) is 0 Å². The number of amides is 2. The first kappa shape index (κ1) is 14.5. The van der Waals surface area contributed by atoms with Gasteiger partial charge in [-0.25, -0.2) is 0 Å². The molecule has 7 nitrogen and oxygen atoms in total. The molecule has 2 N–H and O–H groups in total. The van der Waals surface area contributed by atoms with Crippen LogP contribution in [0.25, 0.3) is 0 Å². The van der Waals surface area contributed by atoms with Crippen LogP contribution in [0.15, 0.2) is 18.2 Å². The van der Waals surface area contributed by atoms with Crippen LogP contribution in [0.5, 0.6) is 5.75 Å². The summed E-state index contributed by atoms with van der Waals surface area (Å²) in [7, 11) is 0. The lowest BCUT2D eigenvalue weighted by atomic mass is 10.0. The van der Waals surface area contributed by atoms with Crippen molar-refractivity contribution in [1.29, 1.82) is 0 Å². The van der Waals surface area contributed by atoms with Gasteiger partial charge in [0.25, 0.3) is 5.91 Å². The topological polar surface area (TPSA) is 93.2 Å². The molecule has 0 unspecified atom stereocenters. The van der Waals surface area contributed by atoms with Crippen molar-refractivity contribution >= 4 is 34.0 Å². The molecule has 0 saturated heterocycles. The fourth-order valence-electron chi connectivity index (χ4n) is 2.10. The Morgan fingerprint density at radius 3 is 3.05 bits per heavy atom. The number of carbonyl (C=O) groups is 2. The highest BCUT2D eigenvalue weighted by Crippen LogP contribution is 2.26. The van der Waals surface area contributed by atoms with Crippen LogP contribution in [0.2, 0.25) is 0 Å². The summed E-state index contributed by atoms with van der Waals surface area (Å²) in [6.45, 7) is 1.71. The number of nitrogens with one attached hydrogen (secondary N) is 2. The minimum Gasteiger partial charge on any atom is -0.484 e. The van der Waals surface area contributed by atoms with Crippen LogP contribution in [-0.2, 0) is 16.0 Å². The maximum Gasteiger partial charge on any atom is 0.264 e. The number of ether oxygens (including phenoxy) is 1. The van der Waals surface area contributed by atoms with E-state index in [4.69, 9.17) is 4.74 Å². The van der Waals surface area contributed by atoms with Crippen molar-refractivity contribution in [2.75, 3.05) is 17.2 Å². The molecule has 2 amide bonds. The molecular formula is C14H14N4O3S. The summed E-state index contributed by atoms with van der Waals surface area (Å²) in [5.41, 5.74) is 1.81. The predicted molar refractivity (Wildman–Crippen MR) is 82.2 cm³/mol. The van der Waals surface area contributed by atoms with Crippen LogP contribution in [0.4, 0.5) is 10.8 Å². The molecule has 22 heavy (non-hydrogen) atoms. The second kappa shape index (κ2) is 6.10. The summed E-state index contributed by atoms with van der Waals surface area (Å²) < 4.78 is 5.47. The van der Waals surface area contributed by atoms with E-state index in [1.165, 1.54) is 11.3 Å². The van der Waals surface area contributed by atoms with E-state index in [1.54, 1.807) is 12.1 Å². The van der Waals surface area contributed by atoms with Gasteiger partial charge in [-0.2, -0.15) is 0 Å². The first-order valence-electron chi connectivity index (χ1n) is 6.76. The van der Waals surface area contributed by atoms with Gasteiger partial charge in [0.2, 0.25) is 11.0 Å². The van der Waals surface area contributed by atoms with Crippen LogP contribution in [0.3, 0.4) is 0 Å². The number of hydrogen-bond acceptors (Lipinski definition) is 6. The van der Waals surface area contributed by atoms with Gasteiger partial charge in [-0.15, -0.1) is 10.2 Å². The highest BCUT2D eigenvalue weighted by atomic mass is 32.1. The van der Waals surface area contributed by atoms with E-state index >= 15 is 0 Å². The van der Waals surface area contributed by atoms with E-state index < -0.39 is 0 Å². The van der Waals surface area contributed by atoms with Crippen LogP contribution in [0.1, 0.15) is 17.0 Å². The number of anilines is 2. The summed E-state index contributed by atoms with van der Waals surface area (Å²) in [6.07, 6.45) is 1.14. The summed E-state index contributed by atoms with van der Waals surface area (Å²) in [4.78, 5) is 23.1. The predicted octanol–water partition coefficient (Wildman–Crippen LogP) is 1.75. The normalized spacial score (nSPS) is 13.2.